The lowest BCUT2D eigenvalue weighted by atomic mass is 10.0. The molecule has 3 aromatic carbocycles. The van der Waals surface area contributed by atoms with Gasteiger partial charge in [-0.3, -0.25) is 9.00 Å². The number of carbonyl (C=O) groups excluding carboxylic acids is 1. The first kappa shape index (κ1) is 23.6. The Kier molecular flexibility index (Phi) is 7.08. The van der Waals surface area contributed by atoms with E-state index in [1.807, 2.05) is 49.4 Å². The molecular weight excluding hydrogens is 449 g/mol. The second kappa shape index (κ2) is 10.2. The molecule has 174 valence electrons. The average molecular weight is 476 g/mol. The zero-order valence-electron chi connectivity index (χ0n) is 19.1. The normalized spacial score (nSPS) is 14.9. The minimum Gasteiger partial charge on any atom is -0.508 e. The third kappa shape index (κ3) is 5.34. The van der Waals surface area contributed by atoms with Gasteiger partial charge in [0.1, 0.15) is 11.6 Å². The Morgan fingerprint density at radius 2 is 1.74 bits per heavy atom. The first-order valence-corrected chi connectivity index (χ1v) is 12.6. The molecule has 1 amide bonds. The summed E-state index contributed by atoms with van der Waals surface area (Å²) in [6, 6.07) is 19.1. The number of halogens is 1. The molecule has 0 bridgehead atoms. The summed E-state index contributed by atoms with van der Waals surface area (Å²) in [4.78, 5) is 13.5. The predicted molar refractivity (Wildman–Crippen MR) is 135 cm³/mol. The molecule has 1 aliphatic rings. The number of hydrogen-bond donors (Lipinski definition) is 2. The molecule has 0 saturated carbocycles. The minimum absolute atomic E-state index is 0.126. The molecule has 0 saturated heterocycles. The Hall–Kier alpha value is -3.51. The molecule has 0 heterocycles. The minimum atomic E-state index is -1.04. The predicted octanol–water partition coefficient (Wildman–Crippen LogP) is 5.35. The number of rotatable bonds is 7. The number of aromatic hydroxyl groups is 1. The third-order valence-electron chi connectivity index (χ3n) is 5.99. The van der Waals surface area contributed by atoms with Crippen LogP contribution in [0.5, 0.6) is 5.75 Å². The van der Waals surface area contributed by atoms with Gasteiger partial charge in [0, 0.05) is 28.5 Å². The molecule has 4 nitrogen and oxygen atoms in total. The number of hydrogen-bond acceptors (Lipinski definition) is 3. The summed E-state index contributed by atoms with van der Waals surface area (Å²) in [5, 5.41) is 12.3. The van der Waals surface area contributed by atoms with Crippen LogP contribution in [0, 0.1) is 5.82 Å². The quantitative estimate of drug-likeness (QED) is 0.484. The van der Waals surface area contributed by atoms with Crippen molar-refractivity contribution in [1.29, 1.82) is 0 Å². The Bertz CT molecular complexity index is 1310. The van der Waals surface area contributed by atoms with Gasteiger partial charge < -0.3 is 10.4 Å². The van der Waals surface area contributed by atoms with Crippen LogP contribution in [-0.2, 0) is 22.0 Å². The smallest absolute Gasteiger partial charge is 0.224 e. The number of phenols is 1. The highest BCUT2D eigenvalue weighted by Crippen LogP contribution is 2.43. The highest BCUT2D eigenvalue weighted by molar-refractivity contribution is 7.84. The number of fused-ring (bicyclic) bond motifs is 1. The molecule has 0 aromatic heterocycles. The Labute approximate surface area is 201 Å². The van der Waals surface area contributed by atoms with Gasteiger partial charge in [0.05, 0.1) is 6.42 Å². The van der Waals surface area contributed by atoms with Gasteiger partial charge in [0.15, 0.2) is 0 Å². The molecule has 2 N–H and O–H groups in total. The van der Waals surface area contributed by atoms with E-state index in [1.54, 1.807) is 24.5 Å². The number of allylic oxidation sites excluding steroid dienone is 2. The van der Waals surface area contributed by atoms with Crippen molar-refractivity contribution in [3.8, 4) is 5.75 Å². The average Bonchev–Trinajstić information content (AvgIpc) is 3.06. The van der Waals surface area contributed by atoms with Gasteiger partial charge >= 0.3 is 0 Å². The molecule has 0 aliphatic heterocycles. The summed E-state index contributed by atoms with van der Waals surface area (Å²) in [7, 11) is -1.04. The van der Waals surface area contributed by atoms with Crippen LogP contribution in [0.15, 0.2) is 77.2 Å². The van der Waals surface area contributed by atoms with Crippen LogP contribution in [-0.4, -0.2) is 28.0 Å². The third-order valence-corrected chi connectivity index (χ3v) is 6.92. The van der Waals surface area contributed by atoms with Crippen LogP contribution in [0.1, 0.15) is 35.6 Å². The molecule has 34 heavy (non-hydrogen) atoms. The van der Waals surface area contributed by atoms with E-state index in [9.17, 15) is 18.5 Å². The van der Waals surface area contributed by atoms with Crippen molar-refractivity contribution in [2.75, 3.05) is 12.8 Å². The fraction of sp³-hybridized carbons (Fsp3) is 0.179. The van der Waals surface area contributed by atoms with Crippen LogP contribution in [0.4, 0.5) is 4.39 Å². The van der Waals surface area contributed by atoms with E-state index >= 15 is 0 Å². The summed E-state index contributed by atoms with van der Waals surface area (Å²) in [6.45, 7) is 2.43. The van der Waals surface area contributed by atoms with Crippen molar-refractivity contribution in [1.82, 2.24) is 5.32 Å². The number of benzene rings is 3. The molecular formula is C28H26FNO3S. The number of phenolic OH excluding ortho intramolecular Hbond substituents is 1. The lowest BCUT2D eigenvalue weighted by molar-refractivity contribution is -0.120. The molecule has 0 unspecified atom stereocenters. The molecule has 0 fully saturated rings. The highest BCUT2D eigenvalue weighted by Gasteiger charge is 2.25. The maximum Gasteiger partial charge on any atom is 0.224 e. The maximum atomic E-state index is 14.1. The molecule has 0 spiro atoms. The van der Waals surface area contributed by atoms with E-state index in [-0.39, 0.29) is 23.9 Å². The first-order chi connectivity index (χ1) is 16.3. The van der Waals surface area contributed by atoms with Crippen LogP contribution in [0.25, 0.3) is 17.2 Å². The first-order valence-electron chi connectivity index (χ1n) is 11.0. The largest absolute Gasteiger partial charge is 0.508 e. The van der Waals surface area contributed by atoms with Crippen molar-refractivity contribution in [2.24, 2.45) is 0 Å². The van der Waals surface area contributed by atoms with E-state index in [0.717, 1.165) is 43.9 Å². The van der Waals surface area contributed by atoms with Crippen LogP contribution < -0.4 is 5.32 Å². The lowest BCUT2D eigenvalue weighted by Gasteiger charge is -2.08. The van der Waals surface area contributed by atoms with Crippen molar-refractivity contribution in [3.63, 3.8) is 0 Å². The monoisotopic (exact) mass is 475 g/mol. The maximum absolute atomic E-state index is 14.1. The van der Waals surface area contributed by atoms with E-state index in [4.69, 9.17) is 0 Å². The second-order valence-corrected chi connectivity index (χ2v) is 9.70. The number of carbonyl (C=O) groups is 1. The van der Waals surface area contributed by atoms with Crippen molar-refractivity contribution in [2.45, 2.75) is 24.7 Å². The fourth-order valence-corrected chi connectivity index (χ4v) is 4.66. The summed E-state index contributed by atoms with van der Waals surface area (Å²) in [6.07, 6.45) is 4.47. The fourth-order valence-electron chi connectivity index (χ4n) is 4.14. The zero-order valence-corrected chi connectivity index (χ0v) is 19.9. The number of amides is 1. The van der Waals surface area contributed by atoms with Gasteiger partial charge in [0.2, 0.25) is 5.91 Å². The molecule has 1 aliphatic carbocycles. The summed E-state index contributed by atoms with van der Waals surface area (Å²) >= 11 is 0. The summed E-state index contributed by atoms with van der Waals surface area (Å²) in [5.74, 6) is -0.255. The van der Waals surface area contributed by atoms with Crippen LogP contribution in [0.2, 0.25) is 0 Å². The Morgan fingerprint density at radius 3 is 2.41 bits per heavy atom. The van der Waals surface area contributed by atoms with E-state index < -0.39 is 10.8 Å². The standard InChI is InChI=1S/C28H26FNO3S/c1-18-25(15-20-5-10-23(11-6-20)34(2)33)24-12-7-21(29)16-27(24)26(18)17-28(32)30-14-13-19-3-8-22(31)9-4-19/h3-12,15-16,31H,13-14,17H2,1-2H3,(H,30,32)/b25-15+/t34-/m0/s1. The molecule has 0 radical (unpaired) electrons. The topological polar surface area (TPSA) is 66.4 Å². The van der Waals surface area contributed by atoms with Gasteiger partial charge in [-0.25, -0.2) is 4.39 Å². The van der Waals surface area contributed by atoms with Gasteiger partial charge in [-0.1, -0.05) is 30.3 Å². The van der Waals surface area contributed by atoms with Crippen molar-refractivity contribution < 1.29 is 18.5 Å². The van der Waals surface area contributed by atoms with E-state index in [1.165, 1.54) is 12.1 Å². The van der Waals surface area contributed by atoms with Gasteiger partial charge in [0.25, 0.3) is 0 Å². The second-order valence-electron chi connectivity index (χ2n) is 8.32. The van der Waals surface area contributed by atoms with E-state index in [2.05, 4.69) is 5.32 Å². The van der Waals surface area contributed by atoms with Gasteiger partial charge in [-0.2, -0.15) is 0 Å². The molecule has 1 atom stereocenters. The van der Waals surface area contributed by atoms with Crippen LogP contribution >= 0.6 is 0 Å². The summed E-state index contributed by atoms with van der Waals surface area (Å²) < 4.78 is 25.8. The Morgan fingerprint density at radius 1 is 1.03 bits per heavy atom. The van der Waals surface area contributed by atoms with E-state index in [0.29, 0.717) is 13.0 Å². The summed E-state index contributed by atoms with van der Waals surface area (Å²) in [5.41, 5.74) is 6.31. The SMILES string of the molecule is CC1=C(CC(=O)NCCc2ccc(O)cc2)c2cc(F)ccc2/C1=C/c1ccc([S@](C)=O)cc1. The Balaban J connectivity index is 1.54. The number of nitrogens with one attached hydrogen (secondary N) is 1. The van der Waals surface area contributed by atoms with Crippen molar-refractivity contribution in [3.05, 3.63) is 100 Å². The zero-order chi connectivity index (χ0) is 24.2. The van der Waals surface area contributed by atoms with Gasteiger partial charge in [-0.15, -0.1) is 0 Å². The van der Waals surface area contributed by atoms with Crippen molar-refractivity contribution >= 4 is 33.9 Å². The lowest BCUT2D eigenvalue weighted by Crippen LogP contribution is -2.25. The highest BCUT2D eigenvalue weighted by atomic mass is 32.2. The van der Waals surface area contributed by atoms with Gasteiger partial charge in [-0.05, 0) is 94.8 Å². The van der Waals surface area contributed by atoms with Crippen LogP contribution in [0.3, 0.4) is 0 Å². The molecule has 6 heteroatoms. The molecule has 4 rings (SSSR count). The molecule has 3 aromatic rings.